The average Bonchev–Trinajstić information content (AvgIpc) is 2.94. The van der Waals surface area contributed by atoms with Gasteiger partial charge < -0.3 is 10.1 Å². The minimum Gasteiger partial charge on any atom is -0.402 e. The molecule has 8 heteroatoms. The van der Waals surface area contributed by atoms with E-state index in [1.54, 1.807) is 11.4 Å². The zero-order chi connectivity index (χ0) is 20.5. The van der Waals surface area contributed by atoms with E-state index in [1.165, 1.54) is 24.3 Å². The smallest absolute Gasteiger partial charge is 0.402 e. The summed E-state index contributed by atoms with van der Waals surface area (Å²) in [7, 11) is 0. The summed E-state index contributed by atoms with van der Waals surface area (Å²) in [5, 5.41) is 1.76. The summed E-state index contributed by atoms with van der Waals surface area (Å²) in [6.45, 7) is 3.82. The van der Waals surface area contributed by atoms with Gasteiger partial charge in [0.1, 0.15) is 0 Å². The fraction of sp³-hybridized carbons (Fsp3) is 0.150. The third-order valence-electron chi connectivity index (χ3n) is 3.79. The first kappa shape index (κ1) is 19.3. The van der Waals surface area contributed by atoms with E-state index in [1.807, 2.05) is 32.0 Å². The van der Waals surface area contributed by atoms with Gasteiger partial charge in [-0.2, -0.15) is 13.2 Å². The molecule has 5 nitrogen and oxygen atoms in total. The van der Waals surface area contributed by atoms with Crippen molar-refractivity contribution in [2.45, 2.75) is 20.0 Å². The SMILES string of the molecule is Cc1cc(C)cc(C2=N/C(=C\c3cccc(NC(=O)C(F)(F)F)c3)C(=O)O2)c1. The van der Waals surface area contributed by atoms with Crippen LogP contribution >= 0.6 is 0 Å². The van der Waals surface area contributed by atoms with Gasteiger partial charge in [-0.3, -0.25) is 4.79 Å². The predicted octanol–water partition coefficient (Wildman–Crippen LogP) is 4.15. The number of aryl methyl sites for hydroxylation is 2. The fourth-order valence-corrected chi connectivity index (χ4v) is 2.70. The maximum Gasteiger partial charge on any atom is 0.471 e. The standard InChI is InChI=1S/C20H15F3N2O3/c1-11-6-12(2)8-14(7-11)17-25-16(18(26)28-17)10-13-4-3-5-15(9-13)24-19(27)20(21,22)23/h3-10H,1-2H3,(H,24,27)/b16-10-. The highest BCUT2D eigenvalue weighted by atomic mass is 19.4. The molecule has 1 amide bonds. The Kier molecular flexibility index (Phi) is 5.04. The molecule has 1 heterocycles. The van der Waals surface area contributed by atoms with Crippen molar-refractivity contribution in [1.82, 2.24) is 0 Å². The summed E-state index contributed by atoms with van der Waals surface area (Å²) in [5.74, 6) is -2.59. The van der Waals surface area contributed by atoms with Crippen LogP contribution in [0.2, 0.25) is 0 Å². The number of benzene rings is 2. The Labute approximate surface area is 158 Å². The van der Waals surface area contributed by atoms with Crippen LogP contribution in [0.25, 0.3) is 6.08 Å². The van der Waals surface area contributed by atoms with Crippen molar-refractivity contribution in [3.05, 3.63) is 70.4 Å². The van der Waals surface area contributed by atoms with Crippen LogP contribution in [0.1, 0.15) is 22.3 Å². The van der Waals surface area contributed by atoms with Crippen LogP contribution in [-0.2, 0) is 14.3 Å². The molecule has 3 rings (SSSR count). The summed E-state index contributed by atoms with van der Waals surface area (Å²) < 4.78 is 42.3. The lowest BCUT2D eigenvalue weighted by Gasteiger charge is -2.08. The van der Waals surface area contributed by atoms with Gasteiger partial charge in [-0.1, -0.05) is 29.3 Å². The Bertz CT molecular complexity index is 1000. The molecule has 0 saturated heterocycles. The summed E-state index contributed by atoms with van der Waals surface area (Å²) >= 11 is 0. The number of aliphatic imine (C=N–C) groups is 1. The van der Waals surface area contributed by atoms with Crippen LogP contribution in [0, 0.1) is 13.8 Å². The number of esters is 1. The quantitative estimate of drug-likeness (QED) is 0.635. The number of carbonyl (C=O) groups is 2. The van der Waals surface area contributed by atoms with Crippen molar-refractivity contribution in [3.63, 3.8) is 0 Å². The number of nitrogens with zero attached hydrogens (tertiary/aromatic N) is 1. The molecule has 0 radical (unpaired) electrons. The molecule has 1 N–H and O–H groups in total. The van der Waals surface area contributed by atoms with Gasteiger partial charge in [-0.15, -0.1) is 0 Å². The number of hydrogen-bond donors (Lipinski definition) is 1. The number of amides is 1. The van der Waals surface area contributed by atoms with Gasteiger partial charge in [0, 0.05) is 11.3 Å². The van der Waals surface area contributed by atoms with Gasteiger partial charge in [-0.25, -0.2) is 9.79 Å². The second-order valence-electron chi connectivity index (χ2n) is 6.29. The first-order valence-electron chi connectivity index (χ1n) is 8.21. The molecule has 0 unspecified atom stereocenters. The molecule has 0 spiro atoms. The second kappa shape index (κ2) is 7.30. The van der Waals surface area contributed by atoms with Gasteiger partial charge in [0.15, 0.2) is 5.70 Å². The monoisotopic (exact) mass is 388 g/mol. The Morgan fingerprint density at radius 3 is 2.43 bits per heavy atom. The molecule has 1 aliphatic rings. The molecule has 0 aromatic heterocycles. The Morgan fingerprint density at radius 1 is 1.11 bits per heavy atom. The lowest BCUT2D eigenvalue weighted by molar-refractivity contribution is -0.167. The van der Waals surface area contributed by atoms with Crippen LogP contribution in [0.4, 0.5) is 18.9 Å². The van der Waals surface area contributed by atoms with Crippen LogP contribution < -0.4 is 5.32 Å². The minimum absolute atomic E-state index is 0.00783. The minimum atomic E-state index is -4.99. The molecule has 144 valence electrons. The number of nitrogens with one attached hydrogen (secondary N) is 1. The molecule has 0 fully saturated rings. The Morgan fingerprint density at radius 2 is 1.79 bits per heavy atom. The fourth-order valence-electron chi connectivity index (χ4n) is 2.70. The van der Waals surface area contributed by atoms with Gasteiger partial charge in [0.05, 0.1) is 0 Å². The summed E-state index contributed by atoms with van der Waals surface area (Å²) in [6, 6.07) is 11.3. The number of halogens is 3. The molecule has 2 aromatic carbocycles. The number of carbonyl (C=O) groups excluding carboxylic acids is 2. The molecule has 1 aliphatic heterocycles. The second-order valence-corrected chi connectivity index (χ2v) is 6.29. The predicted molar refractivity (Wildman–Crippen MR) is 97.6 cm³/mol. The maximum absolute atomic E-state index is 12.4. The van der Waals surface area contributed by atoms with Crippen molar-refractivity contribution in [2.24, 2.45) is 4.99 Å². The first-order chi connectivity index (χ1) is 13.1. The zero-order valence-corrected chi connectivity index (χ0v) is 14.9. The molecule has 0 aliphatic carbocycles. The van der Waals surface area contributed by atoms with Crippen molar-refractivity contribution in [2.75, 3.05) is 5.32 Å². The van der Waals surface area contributed by atoms with Crippen LogP contribution in [-0.4, -0.2) is 24.0 Å². The molecule has 2 aromatic rings. The zero-order valence-electron chi connectivity index (χ0n) is 14.9. The molecule has 0 atom stereocenters. The molecule has 28 heavy (non-hydrogen) atoms. The van der Waals surface area contributed by atoms with Crippen molar-refractivity contribution in [1.29, 1.82) is 0 Å². The van der Waals surface area contributed by atoms with Crippen LogP contribution in [0.3, 0.4) is 0 Å². The highest BCUT2D eigenvalue weighted by Crippen LogP contribution is 2.23. The van der Waals surface area contributed by atoms with Gasteiger partial charge >= 0.3 is 18.1 Å². The molecule has 0 saturated carbocycles. The van der Waals surface area contributed by atoms with Crippen molar-refractivity contribution >= 4 is 29.5 Å². The number of anilines is 1. The van der Waals surface area contributed by atoms with E-state index in [-0.39, 0.29) is 17.3 Å². The third kappa shape index (κ3) is 4.46. The van der Waals surface area contributed by atoms with Gasteiger partial charge in [-0.05, 0) is 49.8 Å². The lowest BCUT2D eigenvalue weighted by atomic mass is 10.1. The van der Waals surface area contributed by atoms with Crippen LogP contribution in [0.15, 0.2) is 53.2 Å². The largest absolute Gasteiger partial charge is 0.471 e. The molecule has 0 bridgehead atoms. The Balaban J connectivity index is 1.87. The lowest BCUT2D eigenvalue weighted by Crippen LogP contribution is -2.29. The summed E-state index contributed by atoms with van der Waals surface area (Å²) in [6.07, 6.45) is -3.61. The molecular formula is C20H15F3N2O3. The van der Waals surface area contributed by atoms with E-state index in [0.717, 1.165) is 11.1 Å². The number of hydrogen-bond acceptors (Lipinski definition) is 4. The van der Waals surface area contributed by atoms with Crippen molar-refractivity contribution < 1.29 is 27.5 Å². The van der Waals surface area contributed by atoms with E-state index < -0.39 is 18.1 Å². The van der Waals surface area contributed by atoms with Gasteiger partial charge in [0.25, 0.3) is 0 Å². The van der Waals surface area contributed by atoms with E-state index in [2.05, 4.69) is 4.99 Å². The van der Waals surface area contributed by atoms with E-state index in [9.17, 15) is 22.8 Å². The normalized spacial score (nSPS) is 15.4. The molecular weight excluding hydrogens is 373 g/mol. The third-order valence-corrected chi connectivity index (χ3v) is 3.79. The topological polar surface area (TPSA) is 67.8 Å². The Hall–Kier alpha value is -3.42. The number of ether oxygens (including phenoxy) is 1. The van der Waals surface area contributed by atoms with Gasteiger partial charge in [0.2, 0.25) is 5.90 Å². The number of rotatable bonds is 3. The number of alkyl halides is 3. The van der Waals surface area contributed by atoms with Crippen LogP contribution in [0.5, 0.6) is 0 Å². The van der Waals surface area contributed by atoms with Crippen molar-refractivity contribution in [3.8, 4) is 0 Å². The first-order valence-corrected chi connectivity index (χ1v) is 8.21. The van der Waals surface area contributed by atoms with E-state index >= 15 is 0 Å². The highest BCUT2D eigenvalue weighted by molar-refractivity contribution is 6.13. The van der Waals surface area contributed by atoms with E-state index in [0.29, 0.717) is 11.1 Å². The highest BCUT2D eigenvalue weighted by Gasteiger charge is 2.38. The summed E-state index contributed by atoms with van der Waals surface area (Å²) in [5.41, 5.74) is 2.96. The maximum atomic E-state index is 12.4. The van der Waals surface area contributed by atoms with E-state index in [4.69, 9.17) is 4.74 Å². The average molecular weight is 388 g/mol. The summed E-state index contributed by atoms with van der Waals surface area (Å²) in [4.78, 5) is 27.3. The number of cyclic esters (lactones) is 1.